The van der Waals surface area contributed by atoms with E-state index in [9.17, 15) is 0 Å². The molecule has 0 saturated heterocycles. The number of rotatable bonds is 13. The number of hydrogen-bond donors (Lipinski definition) is 3. The van der Waals surface area contributed by atoms with Crippen LogP contribution in [0.1, 0.15) is 20.8 Å². The first kappa shape index (κ1) is 20.5. The van der Waals surface area contributed by atoms with Gasteiger partial charge in [0.25, 0.3) is 7.48 Å². The zero-order valence-electron chi connectivity index (χ0n) is 13.5. The second-order valence-corrected chi connectivity index (χ2v) is 5.70. The van der Waals surface area contributed by atoms with Crippen LogP contribution >= 0.6 is 0 Å². The highest BCUT2D eigenvalue weighted by Gasteiger charge is 2.10. The van der Waals surface area contributed by atoms with Crippen LogP contribution in [0.4, 0.5) is 0 Å². The maximum atomic E-state index is 8.91. The Morgan fingerprint density at radius 3 is 2.48 bits per heavy atom. The van der Waals surface area contributed by atoms with Gasteiger partial charge in [0.15, 0.2) is 0 Å². The molecule has 5 nitrogen and oxygen atoms in total. The Hall–Kier alpha value is -0.540. The molecule has 0 bridgehead atoms. The van der Waals surface area contributed by atoms with Crippen molar-refractivity contribution in [2.75, 3.05) is 26.3 Å². The molecule has 4 atom stereocenters. The molecule has 4 unspecified atom stereocenters. The minimum Gasteiger partial charge on any atom is -0.440 e. The van der Waals surface area contributed by atoms with Gasteiger partial charge in [-0.05, 0) is 24.3 Å². The third-order valence-electron chi connectivity index (χ3n) is 3.23. The largest absolute Gasteiger partial charge is 0.440 e. The maximum absolute atomic E-state index is 8.91. The third-order valence-corrected chi connectivity index (χ3v) is 3.23. The number of nitrogens with one attached hydrogen (secondary N) is 2. The standard InChI is InChI=1S/C14H28B2N3O2/c1-11(7-18-12(2)4-15)10-21-16-5-13(3)19-8-14(6-17)9-20/h11-14,18-20H,4-5,7-10H2,1-3H3. The van der Waals surface area contributed by atoms with E-state index in [0.29, 0.717) is 31.4 Å². The Kier molecular flexibility index (Phi) is 12.8. The third kappa shape index (κ3) is 11.8. The Morgan fingerprint density at radius 2 is 1.90 bits per heavy atom. The summed E-state index contributed by atoms with van der Waals surface area (Å²) in [6.07, 6.45) is 1.41. The molecule has 0 fully saturated rings. The van der Waals surface area contributed by atoms with Gasteiger partial charge in [0.1, 0.15) is 0 Å². The van der Waals surface area contributed by atoms with E-state index in [0.717, 1.165) is 12.9 Å². The van der Waals surface area contributed by atoms with Crippen LogP contribution in [0.3, 0.4) is 0 Å². The molecule has 0 aromatic carbocycles. The maximum Gasteiger partial charge on any atom is 0.293 e. The van der Waals surface area contributed by atoms with E-state index in [2.05, 4.69) is 24.5 Å². The van der Waals surface area contributed by atoms with Crippen molar-refractivity contribution in [2.45, 2.75) is 45.5 Å². The first-order chi connectivity index (χ1) is 10.0. The monoisotopic (exact) mass is 292 g/mol. The molecule has 7 heteroatoms. The molecule has 0 heterocycles. The van der Waals surface area contributed by atoms with Crippen LogP contribution in [0, 0.1) is 23.2 Å². The molecule has 0 aromatic rings. The van der Waals surface area contributed by atoms with Crippen molar-refractivity contribution < 1.29 is 9.76 Å². The lowest BCUT2D eigenvalue weighted by atomic mass is 9.89. The molecule has 3 radical (unpaired) electrons. The van der Waals surface area contributed by atoms with Gasteiger partial charge in [-0.2, -0.15) is 5.26 Å². The van der Waals surface area contributed by atoms with Crippen molar-refractivity contribution in [1.82, 2.24) is 10.6 Å². The molecule has 0 saturated carbocycles. The van der Waals surface area contributed by atoms with Gasteiger partial charge < -0.3 is 20.4 Å². The van der Waals surface area contributed by atoms with Gasteiger partial charge in [0.05, 0.1) is 26.4 Å². The molecule has 117 valence electrons. The highest BCUT2D eigenvalue weighted by Crippen LogP contribution is 1.99. The van der Waals surface area contributed by atoms with Crippen molar-refractivity contribution in [1.29, 1.82) is 5.26 Å². The van der Waals surface area contributed by atoms with Gasteiger partial charge in [-0.3, -0.25) is 0 Å². The summed E-state index contributed by atoms with van der Waals surface area (Å²) in [5.74, 6) is 0.0832. The smallest absolute Gasteiger partial charge is 0.293 e. The van der Waals surface area contributed by atoms with Gasteiger partial charge in [-0.1, -0.05) is 27.1 Å². The summed E-state index contributed by atoms with van der Waals surface area (Å²) in [5, 5.41) is 24.2. The molecule has 3 N–H and O–H groups in total. The highest BCUT2D eigenvalue weighted by molar-refractivity contribution is 6.27. The van der Waals surface area contributed by atoms with E-state index in [4.69, 9.17) is 22.9 Å². The fraction of sp³-hybridized carbons (Fsp3) is 0.929. The molecule has 0 aliphatic carbocycles. The lowest BCUT2D eigenvalue weighted by Gasteiger charge is -2.18. The van der Waals surface area contributed by atoms with Crippen LogP contribution in [0.15, 0.2) is 0 Å². The van der Waals surface area contributed by atoms with E-state index in [-0.39, 0.29) is 18.6 Å². The SMILES string of the molecule is [B]CC(C)NCC(C)CO[B]CC(C)NCC(C#N)CO. The second kappa shape index (κ2) is 13.1. The minimum absolute atomic E-state index is 0.109. The topological polar surface area (TPSA) is 77.3 Å². The molecule has 0 aliphatic heterocycles. The fourth-order valence-corrected chi connectivity index (χ4v) is 1.57. The number of nitriles is 1. The molecular weight excluding hydrogens is 264 g/mol. The molecule has 0 aliphatic rings. The summed E-state index contributed by atoms with van der Waals surface area (Å²) >= 11 is 0. The summed E-state index contributed by atoms with van der Waals surface area (Å²) in [6, 6.07) is 2.60. The molecule has 0 amide bonds. The average molecular weight is 292 g/mol. The van der Waals surface area contributed by atoms with Gasteiger partial charge in [-0.15, -0.1) is 0 Å². The normalized spacial score (nSPS) is 16.7. The summed E-state index contributed by atoms with van der Waals surface area (Å²) in [4.78, 5) is 0. The summed E-state index contributed by atoms with van der Waals surface area (Å²) in [6.45, 7) is 8.17. The quantitative estimate of drug-likeness (QED) is 0.337. The van der Waals surface area contributed by atoms with Gasteiger partial charge in [0.2, 0.25) is 0 Å². The van der Waals surface area contributed by atoms with Crippen LogP contribution in [-0.4, -0.2) is 58.8 Å². The zero-order valence-corrected chi connectivity index (χ0v) is 13.5. The van der Waals surface area contributed by atoms with Crippen LogP contribution in [0.25, 0.3) is 0 Å². The Bertz CT molecular complexity index is 290. The predicted molar refractivity (Wildman–Crippen MR) is 87.4 cm³/mol. The summed E-state index contributed by atoms with van der Waals surface area (Å²) < 4.78 is 5.54. The lowest BCUT2D eigenvalue weighted by molar-refractivity contribution is 0.248. The van der Waals surface area contributed by atoms with Crippen LogP contribution in [-0.2, 0) is 4.65 Å². The average Bonchev–Trinajstić information content (AvgIpc) is 2.50. The van der Waals surface area contributed by atoms with E-state index in [1.165, 1.54) is 0 Å². The van der Waals surface area contributed by atoms with Gasteiger partial charge in [0, 0.05) is 19.7 Å². The predicted octanol–water partition coefficient (Wildman–Crippen LogP) is 0.352. The summed E-state index contributed by atoms with van der Waals surface area (Å²) in [7, 11) is 7.35. The second-order valence-electron chi connectivity index (χ2n) is 5.70. The number of hydrogen-bond acceptors (Lipinski definition) is 5. The van der Waals surface area contributed by atoms with Crippen molar-refractivity contribution >= 4 is 15.3 Å². The fourth-order valence-electron chi connectivity index (χ4n) is 1.57. The molecule has 0 spiro atoms. The summed E-state index contributed by atoms with van der Waals surface area (Å²) in [5.41, 5.74) is 0. The van der Waals surface area contributed by atoms with Crippen LogP contribution < -0.4 is 10.6 Å². The van der Waals surface area contributed by atoms with E-state index < -0.39 is 0 Å². The van der Waals surface area contributed by atoms with Gasteiger partial charge in [-0.25, -0.2) is 0 Å². The molecule has 0 rings (SSSR count). The van der Waals surface area contributed by atoms with Crippen molar-refractivity contribution in [3.8, 4) is 6.07 Å². The van der Waals surface area contributed by atoms with Crippen molar-refractivity contribution in [2.24, 2.45) is 11.8 Å². The van der Waals surface area contributed by atoms with E-state index in [1.807, 2.05) is 13.0 Å². The van der Waals surface area contributed by atoms with Gasteiger partial charge >= 0.3 is 0 Å². The Balaban J connectivity index is 3.55. The van der Waals surface area contributed by atoms with Crippen LogP contribution in [0.5, 0.6) is 0 Å². The first-order valence-corrected chi connectivity index (χ1v) is 7.64. The zero-order chi connectivity index (χ0) is 16.1. The number of aliphatic hydroxyl groups excluding tert-OH is 1. The molecular formula is C14H28B2N3O2. The van der Waals surface area contributed by atoms with Crippen LogP contribution in [0.2, 0.25) is 12.6 Å². The lowest BCUT2D eigenvalue weighted by Crippen LogP contribution is -2.34. The minimum atomic E-state index is -0.344. The van der Waals surface area contributed by atoms with E-state index >= 15 is 0 Å². The van der Waals surface area contributed by atoms with E-state index in [1.54, 1.807) is 7.48 Å². The Labute approximate surface area is 131 Å². The molecule has 21 heavy (non-hydrogen) atoms. The number of aliphatic hydroxyl groups is 1. The highest BCUT2D eigenvalue weighted by atomic mass is 16.4. The Morgan fingerprint density at radius 1 is 1.24 bits per heavy atom. The first-order valence-electron chi connectivity index (χ1n) is 7.64. The van der Waals surface area contributed by atoms with Crippen molar-refractivity contribution in [3.05, 3.63) is 0 Å². The number of nitrogens with zero attached hydrogens (tertiary/aromatic N) is 1. The van der Waals surface area contributed by atoms with Crippen molar-refractivity contribution in [3.63, 3.8) is 0 Å². The molecule has 0 aromatic heterocycles.